The molecule has 0 bridgehead atoms. The van der Waals surface area contributed by atoms with Gasteiger partial charge in [0.05, 0.1) is 23.8 Å². The SMILES string of the molecule is CCOP(=O)(F)OC1CC(C)(C)[NH+]([O-])C(C)(C)C1. The molecule has 1 atom stereocenters. The maximum atomic E-state index is 13.5. The second kappa shape index (κ2) is 5.17. The summed E-state index contributed by atoms with van der Waals surface area (Å²) in [6.07, 6.45) is 0.155. The van der Waals surface area contributed by atoms with E-state index >= 15 is 0 Å². The fourth-order valence-corrected chi connectivity index (χ4v) is 3.62. The Labute approximate surface area is 108 Å². The first-order valence-electron chi connectivity index (χ1n) is 6.18. The molecule has 0 aromatic rings. The third-order valence-electron chi connectivity index (χ3n) is 3.26. The predicted molar refractivity (Wildman–Crippen MR) is 66.9 cm³/mol. The summed E-state index contributed by atoms with van der Waals surface area (Å²) in [6.45, 7) is 8.75. The van der Waals surface area contributed by atoms with Crippen molar-refractivity contribution in [2.75, 3.05) is 6.61 Å². The monoisotopic (exact) mass is 283 g/mol. The number of rotatable bonds is 4. The van der Waals surface area contributed by atoms with Crippen molar-refractivity contribution in [3.8, 4) is 0 Å². The number of quaternary nitrogens is 1. The summed E-state index contributed by atoms with van der Waals surface area (Å²) in [7, 11) is -4.50. The molecule has 108 valence electrons. The van der Waals surface area contributed by atoms with Crippen molar-refractivity contribution in [1.29, 1.82) is 0 Å². The van der Waals surface area contributed by atoms with Crippen molar-refractivity contribution in [1.82, 2.24) is 0 Å². The van der Waals surface area contributed by atoms with Crippen molar-refractivity contribution in [2.24, 2.45) is 0 Å². The Bertz CT molecular complexity index is 330. The molecule has 7 heteroatoms. The van der Waals surface area contributed by atoms with Gasteiger partial charge in [-0.05, 0) is 34.6 Å². The Balaban J connectivity index is 2.78. The highest BCUT2D eigenvalue weighted by Crippen LogP contribution is 2.52. The molecule has 1 saturated heterocycles. The summed E-state index contributed by atoms with van der Waals surface area (Å²) in [4.78, 5) is 0. The van der Waals surface area contributed by atoms with Gasteiger partial charge in [0.2, 0.25) is 0 Å². The van der Waals surface area contributed by atoms with Crippen LogP contribution in [0.1, 0.15) is 47.5 Å². The first-order valence-corrected chi connectivity index (χ1v) is 7.61. The molecule has 1 N–H and O–H groups in total. The van der Waals surface area contributed by atoms with Crippen LogP contribution in [-0.2, 0) is 13.6 Å². The van der Waals surface area contributed by atoms with Crippen molar-refractivity contribution in [2.45, 2.75) is 64.6 Å². The van der Waals surface area contributed by atoms with Gasteiger partial charge in [-0.15, -0.1) is 4.20 Å². The number of hydrogen-bond acceptors (Lipinski definition) is 4. The van der Waals surface area contributed by atoms with E-state index in [9.17, 15) is 14.0 Å². The third-order valence-corrected chi connectivity index (χ3v) is 4.38. The average Bonchev–Trinajstić information content (AvgIpc) is 2.11. The van der Waals surface area contributed by atoms with Gasteiger partial charge in [0.25, 0.3) is 0 Å². The number of halogens is 1. The molecule has 1 unspecified atom stereocenters. The van der Waals surface area contributed by atoms with Crippen molar-refractivity contribution in [3.05, 3.63) is 5.21 Å². The van der Waals surface area contributed by atoms with Gasteiger partial charge in [0.15, 0.2) is 0 Å². The van der Waals surface area contributed by atoms with Crippen LogP contribution in [0.4, 0.5) is 4.20 Å². The van der Waals surface area contributed by atoms with E-state index < -0.39 is 25.1 Å². The lowest BCUT2D eigenvalue weighted by atomic mass is 9.80. The lowest BCUT2D eigenvalue weighted by Crippen LogP contribution is -3.23. The molecule has 0 radical (unpaired) electrons. The van der Waals surface area contributed by atoms with Gasteiger partial charge >= 0.3 is 7.91 Å². The molecular formula is C11H23FNO4P. The molecule has 0 saturated carbocycles. The molecule has 1 aliphatic heterocycles. The fourth-order valence-electron chi connectivity index (χ4n) is 2.75. The second-order valence-corrected chi connectivity index (χ2v) is 7.41. The molecule has 0 aromatic carbocycles. The molecule has 0 amide bonds. The summed E-state index contributed by atoms with van der Waals surface area (Å²) in [6, 6.07) is 0. The predicted octanol–water partition coefficient (Wildman–Crippen LogP) is 2.22. The van der Waals surface area contributed by atoms with Crippen LogP contribution in [0.5, 0.6) is 0 Å². The number of hydroxylamine groups is 2. The smallest absolute Gasteiger partial charge is 0.513 e. The largest absolute Gasteiger partial charge is 0.634 e. The van der Waals surface area contributed by atoms with E-state index in [1.807, 2.05) is 0 Å². The highest BCUT2D eigenvalue weighted by Gasteiger charge is 2.47. The van der Waals surface area contributed by atoms with E-state index in [4.69, 9.17) is 4.52 Å². The van der Waals surface area contributed by atoms with Crippen molar-refractivity contribution < 1.29 is 22.9 Å². The molecule has 5 nitrogen and oxygen atoms in total. The number of piperidine rings is 1. The minimum absolute atomic E-state index is 0.00772. The van der Waals surface area contributed by atoms with Crippen LogP contribution in [0.2, 0.25) is 0 Å². The van der Waals surface area contributed by atoms with Gasteiger partial charge in [0.1, 0.15) is 0 Å². The molecular weight excluding hydrogens is 260 g/mol. The Morgan fingerprint density at radius 1 is 1.33 bits per heavy atom. The number of hydrogen-bond donors (Lipinski definition) is 1. The highest BCUT2D eigenvalue weighted by molar-refractivity contribution is 7.48. The second-order valence-electron chi connectivity index (χ2n) is 6.08. The van der Waals surface area contributed by atoms with Crippen LogP contribution in [0.25, 0.3) is 0 Å². The van der Waals surface area contributed by atoms with Crippen molar-refractivity contribution >= 4 is 7.91 Å². The maximum absolute atomic E-state index is 13.5. The lowest BCUT2D eigenvalue weighted by molar-refractivity contribution is -0.956. The Morgan fingerprint density at radius 2 is 1.78 bits per heavy atom. The van der Waals surface area contributed by atoms with Gasteiger partial charge in [-0.2, -0.15) is 0 Å². The van der Waals surface area contributed by atoms with E-state index in [0.29, 0.717) is 12.8 Å². The Hall–Kier alpha value is -0.0000000000000000139. The van der Waals surface area contributed by atoms with Crippen LogP contribution in [0.15, 0.2) is 0 Å². The normalized spacial score (nSPS) is 33.9. The van der Waals surface area contributed by atoms with E-state index in [2.05, 4.69) is 4.52 Å². The van der Waals surface area contributed by atoms with Crippen LogP contribution >= 0.6 is 7.91 Å². The first kappa shape index (κ1) is 16.1. The summed E-state index contributed by atoms with van der Waals surface area (Å²) < 4.78 is 34.3. The van der Waals surface area contributed by atoms with E-state index in [-0.39, 0.29) is 11.7 Å². The van der Waals surface area contributed by atoms with Crippen LogP contribution in [0.3, 0.4) is 0 Å². The van der Waals surface area contributed by atoms with Gasteiger partial charge in [-0.3, -0.25) is 9.05 Å². The third kappa shape index (κ3) is 3.75. The maximum Gasteiger partial charge on any atom is 0.513 e. The Morgan fingerprint density at radius 3 is 2.17 bits per heavy atom. The standard InChI is InChI=1S/C11H23FNO4P/c1-6-16-18(12,15)17-9-7-10(2,3)13(14)11(4,5)8-9/h9,13H,6-8H2,1-5H3. The molecule has 1 aliphatic rings. The molecule has 0 spiro atoms. The molecule has 1 heterocycles. The topological polar surface area (TPSA) is 63.0 Å². The molecule has 0 aliphatic carbocycles. The fraction of sp³-hybridized carbons (Fsp3) is 1.00. The molecule has 18 heavy (non-hydrogen) atoms. The quantitative estimate of drug-likeness (QED) is 0.634. The van der Waals surface area contributed by atoms with Crippen LogP contribution < -0.4 is 5.06 Å². The zero-order valence-corrected chi connectivity index (χ0v) is 12.6. The van der Waals surface area contributed by atoms with Crippen LogP contribution in [0, 0.1) is 5.21 Å². The van der Waals surface area contributed by atoms with Gasteiger partial charge in [-0.25, -0.2) is 4.57 Å². The zero-order valence-electron chi connectivity index (χ0n) is 11.7. The molecule has 1 fully saturated rings. The Kier molecular flexibility index (Phi) is 4.62. The van der Waals surface area contributed by atoms with E-state index in [0.717, 1.165) is 0 Å². The lowest BCUT2D eigenvalue weighted by Gasteiger charge is -2.54. The number of nitrogens with one attached hydrogen (secondary N) is 1. The van der Waals surface area contributed by atoms with E-state index in [1.165, 1.54) is 0 Å². The minimum Gasteiger partial charge on any atom is -0.634 e. The van der Waals surface area contributed by atoms with Crippen LogP contribution in [-0.4, -0.2) is 23.8 Å². The zero-order chi connectivity index (χ0) is 14.2. The van der Waals surface area contributed by atoms with Gasteiger partial charge in [0, 0.05) is 12.8 Å². The summed E-state index contributed by atoms with van der Waals surface area (Å²) in [5, 5.41) is 12.3. The highest BCUT2D eigenvalue weighted by atomic mass is 31.2. The molecule has 1 rings (SSSR count). The van der Waals surface area contributed by atoms with Gasteiger partial charge < -0.3 is 10.3 Å². The van der Waals surface area contributed by atoms with E-state index in [1.54, 1.807) is 34.6 Å². The molecule has 0 aromatic heterocycles. The summed E-state index contributed by atoms with van der Waals surface area (Å²) in [5.74, 6) is 0. The summed E-state index contributed by atoms with van der Waals surface area (Å²) in [5.41, 5.74) is -1.20. The van der Waals surface area contributed by atoms with Crippen molar-refractivity contribution in [3.63, 3.8) is 0 Å². The average molecular weight is 283 g/mol. The minimum atomic E-state index is -4.50. The van der Waals surface area contributed by atoms with Gasteiger partial charge in [-0.1, -0.05) is 0 Å². The first-order chi connectivity index (χ1) is 8.00. The summed E-state index contributed by atoms with van der Waals surface area (Å²) >= 11 is 0.